The monoisotopic (exact) mass is 275 g/mol. The summed E-state index contributed by atoms with van der Waals surface area (Å²) < 4.78 is 0. The lowest BCUT2D eigenvalue weighted by Gasteiger charge is -2.18. The number of benzene rings is 1. The molecular weight excluding hydrogens is 256 g/mol. The van der Waals surface area contributed by atoms with Crippen molar-refractivity contribution in [3.05, 3.63) is 64.9 Å². The molecule has 0 saturated carbocycles. The van der Waals surface area contributed by atoms with Gasteiger partial charge < -0.3 is 4.90 Å². The van der Waals surface area contributed by atoms with Crippen molar-refractivity contribution in [3.63, 3.8) is 0 Å². The van der Waals surface area contributed by atoms with Crippen LogP contribution in [0.4, 0.5) is 0 Å². The van der Waals surface area contributed by atoms with E-state index in [4.69, 9.17) is 11.6 Å². The lowest BCUT2D eigenvalue weighted by molar-refractivity contribution is -0.858. The van der Waals surface area contributed by atoms with Crippen molar-refractivity contribution in [3.8, 4) is 0 Å². The molecule has 0 aliphatic heterocycles. The predicted molar refractivity (Wildman–Crippen MR) is 79.8 cm³/mol. The molecule has 0 fully saturated rings. The van der Waals surface area contributed by atoms with Gasteiger partial charge in [-0.2, -0.15) is 0 Å². The summed E-state index contributed by atoms with van der Waals surface area (Å²) in [5.41, 5.74) is 2.41. The lowest BCUT2D eigenvalue weighted by Crippen LogP contribution is -3.05. The first-order chi connectivity index (χ1) is 9.16. The molecule has 2 nitrogen and oxygen atoms in total. The molecule has 3 heteroatoms. The fourth-order valence-electron chi connectivity index (χ4n) is 2.20. The summed E-state index contributed by atoms with van der Waals surface area (Å²) in [6, 6.07) is 14.2. The molecule has 0 unspecified atom stereocenters. The molecule has 19 heavy (non-hydrogen) atoms. The SMILES string of the molecule is C[NH+](C)CC[C@@H](c1ccc(Cl)cc1)c1ccccn1. The first-order valence-electron chi connectivity index (χ1n) is 6.62. The highest BCUT2D eigenvalue weighted by molar-refractivity contribution is 6.30. The van der Waals surface area contributed by atoms with E-state index < -0.39 is 0 Å². The second-order valence-corrected chi connectivity index (χ2v) is 5.54. The van der Waals surface area contributed by atoms with Gasteiger partial charge in [0.05, 0.1) is 20.6 Å². The fourth-order valence-corrected chi connectivity index (χ4v) is 2.32. The van der Waals surface area contributed by atoms with Crippen LogP contribution in [0.15, 0.2) is 48.7 Å². The van der Waals surface area contributed by atoms with E-state index in [0.717, 1.165) is 23.7 Å². The second-order valence-electron chi connectivity index (χ2n) is 5.10. The average Bonchev–Trinajstić information content (AvgIpc) is 2.42. The first kappa shape index (κ1) is 14.0. The van der Waals surface area contributed by atoms with Gasteiger partial charge in [0.25, 0.3) is 0 Å². The number of quaternary nitrogens is 1. The molecule has 0 amide bonds. The van der Waals surface area contributed by atoms with Crippen molar-refractivity contribution in [2.45, 2.75) is 12.3 Å². The molecule has 2 aromatic rings. The standard InChI is InChI=1S/C16H19ClN2/c1-19(2)12-10-15(16-5-3-4-11-18-16)13-6-8-14(17)9-7-13/h3-9,11,15H,10,12H2,1-2H3/p+1/t15-/m0/s1. The molecule has 0 bridgehead atoms. The number of hydrogen-bond donors (Lipinski definition) is 1. The number of pyridine rings is 1. The Morgan fingerprint density at radius 1 is 1.11 bits per heavy atom. The minimum Gasteiger partial charge on any atom is -0.340 e. The van der Waals surface area contributed by atoms with Crippen molar-refractivity contribution in [1.29, 1.82) is 0 Å². The Bertz CT molecular complexity index is 494. The Morgan fingerprint density at radius 3 is 2.42 bits per heavy atom. The molecule has 0 radical (unpaired) electrons. The maximum atomic E-state index is 5.97. The largest absolute Gasteiger partial charge is 0.340 e. The topological polar surface area (TPSA) is 17.3 Å². The van der Waals surface area contributed by atoms with Gasteiger partial charge in [-0.15, -0.1) is 0 Å². The van der Waals surface area contributed by atoms with Crippen molar-refractivity contribution in [2.24, 2.45) is 0 Å². The van der Waals surface area contributed by atoms with E-state index in [1.54, 1.807) is 0 Å². The molecule has 0 spiro atoms. The number of halogens is 1. The second kappa shape index (κ2) is 6.69. The van der Waals surface area contributed by atoms with Crippen LogP contribution in [0, 0.1) is 0 Å². The van der Waals surface area contributed by atoms with Gasteiger partial charge >= 0.3 is 0 Å². The molecule has 1 heterocycles. The normalized spacial score (nSPS) is 12.6. The Balaban J connectivity index is 2.26. The fraction of sp³-hybridized carbons (Fsp3) is 0.312. The maximum absolute atomic E-state index is 5.97. The molecule has 1 atom stereocenters. The first-order valence-corrected chi connectivity index (χ1v) is 7.00. The van der Waals surface area contributed by atoms with E-state index >= 15 is 0 Å². The van der Waals surface area contributed by atoms with Gasteiger partial charge in [0.2, 0.25) is 0 Å². The summed E-state index contributed by atoms with van der Waals surface area (Å²) in [6.45, 7) is 1.11. The van der Waals surface area contributed by atoms with Gasteiger partial charge in [-0.3, -0.25) is 4.98 Å². The van der Waals surface area contributed by atoms with Crippen LogP contribution in [-0.4, -0.2) is 25.6 Å². The smallest absolute Gasteiger partial charge is 0.0776 e. The predicted octanol–water partition coefficient (Wildman–Crippen LogP) is 2.40. The third kappa shape index (κ3) is 4.05. The third-order valence-electron chi connectivity index (χ3n) is 3.25. The Kier molecular flexibility index (Phi) is 4.94. The van der Waals surface area contributed by atoms with Gasteiger partial charge in [0.15, 0.2) is 0 Å². The highest BCUT2D eigenvalue weighted by Crippen LogP contribution is 2.26. The van der Waals surface area contributed by atoms with Crippen LogP contribution in [0.3, 0.4) is 0 Å². The van der Waals surface area contributed by atoms with Crippen molar-refractivity contribution in [1.82, 2.24) is 4.98 Å². The number of nitrogens with zero attached hydrogens (tertiary/aromatic N) is 1. The number of aromatic nitrogens is 1. The van der Waals surface area contributed by atoms with E-state index in [2.05, 4.69) is 37.3 Å². The van der Waals surface area contributed by atoms with E-state index in [1.807, 2.05) is 30.5 Å². The van der Waals surface area contributed by atoms with E-state index in [0.29, 0.717) is 5.92 Å². The number of nitrogens with one attached hydrogen (secondary N) is 1. The van der Waals surface area contributed by atoms with Crippen molar-refractivity contribution < 1.29 is 4.90 Å². The molecule has 100 valence electrons. The van der Waals surface area contributed by atoms with Gasteiger partial charge in [-0.25, -0.2) is 0 Å². The maximum Gasteiger partial charge on any atom is 0.0776 e. The molecular formula is C16H20ClN2+. The number of hydrogen-bond acceptors (Lipinski definition) is 1. The van der Waals surface area contributed by atoms with E-state index in [1.165, 1.54) is 10.5 Å². The lowest BCUT2D eigenvalue weighted by atomic mass is 9.92. The Hall–Kier alpha value is -1.38. The van der Waals surface area contributed by atoms with E-state index in [9.17, 15) is 0 Å². The highest BCUT2D eigenvalue weighted by atomic mass is 35.5. The Labute approximate surface area is 120 Å². The molecule has 2 rings (SSSR count). The highest BCUT2D eigenvalue weighted by Gasteiger charge is 2.16. The minimum atomic E-state index is 0.341. The Morgan fingerprint density at radius 2 is 1.84 bits per heavy atom. The molecule has 1 aromatic heterocycles. The summed E-state index contributed by atoms with van der Waals surface area (Å²) in [7, 11) is 4.36. The summed E-state index contributed by atoms with van der Waals surface area (Å²) in [6.07, 6.45) is 2.95. The summed E-state index contributed by atoms with van der Waals surface area (Å²) >= 11 is 5.97. The van der Waals surface area contributed by atoms with Gasteiger partial charge in [0.1, 0.15) is 0 Å². The molecule has 1 aromatic carbocycles. The average molecular weight is 276 g/mol. The van der Waals surface area contributed by atoms with Crippen LogP contribution < -0.4 is 4.90 Å². The van der Waals surface area contributed by atoms with Crippen molar-refractivity contribution >= 4 is 11.6 Å². The van der Waals surface area contributed by atoms with E-state index in [-0.39, 0.29) is 0 Å². The van der Waals surface area contributed by atoms with Gasteiger partial charge in [-0.1, -0.05) is 29.8 Å². The summed E-state index contributed by atoms with van der Waals surface area (Å²) in [4.78, 5) is 5.97. The van der Waals surface area contributed by atoms with Crippen LogP contribution in [0.25, 0.3) is 0 Å². The zero-order valence-electron chi connectivity index (χ0n) is 11.4. The quantitative estimate of drug-likeness (QED) is 0.887. The van der Waals surface area contributed by atoms with Crippen LogP contribution >= 0.6 is 11.6 Å². The van der Waals surface area contributed by atoms with Crippen LogP contribution in [0.2, 0.25) is 5.02 Å². The molecule has 0 aliphatic carbocycles. The third-order valence-corrected chi connectivity index (χ3v) is 3.50. The zero-order valence-corrected chi connectivity index (χ0v) is 12.2. The van der Waals surface area contributed by atoms with Crippen LogP contribution in [0.5, 0.6) is 0 Å². The molecule has 0 aliphatic rings. The van der Waals surface area contributed by atoms with Gasteiger partial charge in [0, 0.05) is 29.3 Å². The van der Waals surface area contributed by atoms with Crippen molar-refractivity contribution in [2.75, 3.05) is 20.6 Å². The van der Waals surface area contributed by atoms with Crippen LogP contribution in [0.1, 0.15) is 23.6 Å². The zero-order chi connectivity index (χ0) is 13.7. The molecule has 0 saturated heterocycles. The van der Waals surface area contributed by atoms with Gasteiger partial charge in [-0.05, 0) is 29.8 Å². The summed E-state index contributed by atoms with van der Waals surface area (Å²) in [5.74, 6) is 0.341. The summed E-state index contributed by atoms with van der Waals surface area (Å²) in [5, 5.41) is 0.779. The minimum absolute atomic E-state index is 0.341. The molecule has 1 N–H and O–H groups in total. The number of rotatable bonds is 5. The van der Waals surface area contributed by atoms with Crippen LogP contribution in [-0.2, 0) is 0 Å².